The van der Waals surface area contributed by atoms with Crippen LogP contribution in [0.4, 0.5) is 0 Å². The van der Waals surface area contributed by atoms with Crippen LogP contribution in [0, 0.1) is 0 Å². The smallest absolute Gasteiger partial charge is 0.261 e. The number of ether oxygens (including phenoxy) is 1. The molecule has 0 saturated carbocycles. The second-order valence-corrected chi connectivity index (χ2v) is 5.04. The van der Waals surface area contributed by atoms with Crippen molar-refractivity contribution in [2.24, 2.45) is 0 Å². The second kappa shape index (κ2) is 8.15. The highest BCUT2D eigenvalue weighted by Gasteiger charge is 2.18. The molecule has 1 amide bonds. The first kappa shape index (κ1) is 16.8. The molecule has 0 radical (unpaired) electrons. The van der Waals surface area contributed by atoms with Gasteiger partial charge in [-0.2, -0.15) is 0 Å². The zero-order valence-electron chi connectivity index (χ0n) is 11.5. The number of carbonyl (C=O) groups excluding carboxylic acids is 1. The molecule has 6 heteroatoms. The molecule has 0 aliphatic rings. The lowest BCUT2D eigenvalue weighted by Crippen LogP contribution is -2.36. The van der Waals surface area contributed by atoms with Crippen molar-refractivity contribution < 1.29 is 9.53 Å². The van der Waals surface area contributed by atoms with Crippen molar-refractivity contribution in [3.05, 3.63) is 40.4 Å². The maximum absolute atomic E-state index is 11.8. The normalized spacial score (nSPS) is 11.8. The fourth-order valence-electron chi connectivity index (χ4n) is 1.61. The van der Waals surface area contributed by atoms with Crippen LogP contribution in [0.15, 0.2) is 24.8 Å². The molecular weight excluding hydrogens is 299 g/mol. The Balaban J connectivity index is 2.90. The SMILES string of the molecule is C=CCNC(=O)C(C)Oc1c(Cl)cc(Cl)cc1CNC. The number of nitrogens with one attached hydrogen (secondary N) is 2. The van der Waals surface area contributed by atoms with Gasteiger partial charge >= 0.3 is 0 Å². The van der Waals surface area contributed by atoms with Crippen LogP contribution in [0.1, 0.15) is 12.5 Å². The number of carbonyl (C=O) groups is 1. The highest BCUT2D eigenvalue weighted by atomic mass is 35.5. The number of benzene rings is 1. The third kappa shape index (κ3) is 4.71. The van der Waals surface area contributed by atoms with Crippen LogP contribution in [0.25, 0.3) is 0 Å². The number of hydrogen-bond acceptors (Lipinski definition) is 3. The van der Waals surface area contributed by atoms with E-state index >= 15 is 0 Å². The van der Waals surface area contributed by atoms with Crippen molar-refractivity contribution in [2.75, 3.05) is 13.6 Å². The van der Waals surface area contributed by atoms with Gasteiger partial charge in [-0.15, -0.1) is 6.58 Å². The summed E-state index contributed by atoms with van der Waals surface area (Å²) in [6, 6.07) is 3.35. The van der Waals surface area contributed by atoms with Crippen molar-refractivity contribution in [3.8, 4) is 5.75 Å². The molecule has 1 rings (SSSR count). The Bertz CT molecular complexity index is 492. The second-order valence-electron chi connectivity index (χ2n) is 4.20. The van der Waals surface area contributed by atoms with E-state index in [0.29, 0.717) is 28.9 Å². The lowest BCUT2D eigenvalue weighted by Gasteiger charge is -2.18. The van der Waals surface area contributed by atoms with E-state index in [2.05, 4.69) is 17.2 Å². The Kier molecular flexibility index (Phi) is 6.85. The van der Waals surface area contributed by atoms with Crippen molar-refractivity contribution in [2.45, 2.75) is 19.6 Å². The van der Waals surface area contributed by atoms with Gasteiger partial charge in [0.25, 0.3) is 5.91 Å². The van der Waals surface area contributed by atoms with Crippen LogP contribution >= 0.6 is 23.2 Å². The monoisotopic (exact) mass is 316 g/mol. The standard InChI is InChI=1S/C14H18Cl2N2O2/c1-4-5-18-14(19)9(2)20-13-10(8-17-3)6-11(15)7-12(13)16/h4,6-7,9,17H,1,5,8H2,2-3H3,(H,18,19). The molecule has 0 saturated heterocycles. The van der Waals surface area contributed by atoms with Crippen molar-refractivity contribution >= 4 is 29.1 Å². The van der Waals surface area contributed by atoms with E-state index in [1.807, 2.05) is 0 Å². The molecule has 0 aromatic heterocycles. The Labute approximate surface area is 129 Å². The lowest BCUT2D eigenvalue weighted by atomic mass is 10.2. The quantitative estimate of drug-likeness (QED) is 0.760. The molecule has 2 N–H and O–H groups in total. The lowest BCUT2D eigenvalue weighted by molar-refractivity contribution is -0.127. The molecule has 1 atom stereocenters. The Morgan fingerprint density at radius 1 is 1.50 bits per heavy atom. The fourth-order valence-corrected chi connectivity index (χ4v) is 2.19. The first-order chi connectivity index (χ1) is 9.49. The highest BCUT2D eigenvalue weighted by Crippen LogP contribution is 2.33. The predicted molar refractivity (Wildman–Crippen MR) is 82.5 cm³/mol. The third-order valence-corrected chi connectivity index (χ3v) is 3.04. The van der Waals surface area contributed by atoms with E-state index in [9.17, 15) is 4.79 Å². The van der Waals surface area contributed by atoms with E-state index < -0.39 is 6.10 Å². The minimum Gasteiger partial charge on any atom is -0.479 e. The first-order valence-electron chi connectivity index (χ1n) is 6.17. The fraction of sp³-hybridized carbons (Fsp3) is 0.357. The van der Waals surface area contributed by atoms with Gasteiger partial charge in [-0.05, 0) is 26.1 Å². The van der Waals surface area contributed by atoms with Gasteiger partial charge in [0.2, 0.25) is 0 Å². The molecule has 0 fully saturated rings. The minimum atomic E-state index is -0.663. The molecule has 20 heavy (non-hydrogen) atoms. The molecule has 1 unspecified atom stereocenters. The zero-order chi connectivity index (χ0) is 15.1. The molecule has 1 aromatic rings. The molecular formula is C14H18Cl2N2O2. The Hall–Kier alpha value is -1.23. The summed E-state index contributed by atoms with van der Waals surface area (Å²) in [5.41, 5.74) is 0.799. The van der Waals surface area contributed by atoms with Crippen LogP contribution < -0.4 is 15.4 Å². The van der Waals surface area contributed by atoms with E-state index in [1.165, 1.54) is 0 Å². The number of rotatable bonds is 7. The maximum Gasteiger partial charge on any atom is 0.261 e. The molecule has 0 aliphatic carbocycles. The van der Waals surface area contributed by atoms with Gasteiger partial charge in [-0.25, -0.2) is 0 Å². The van der Waals surface area contributed by atoms with Crippen LogP contribution in [-0.2, 0) is 11.3 Å². The maximum atomic E-state index is 11.8. The van der Waals surface area contributed by atoms with Gasteiger partial charge < -0.3 is 15.4 Å². The summed E-state index contributed by atoms with van der Waals surface area (Å²) in [5, 5.41) is 6.58. The highest BCUT2D eigenvalue weighted by molar-refractivity contribution is 6.35. The minimum absolute atomic E-state index is 0.230. The summed E-state index contributed by atoms with van der Waals surface area (Å²) in [7, 11) is 1.80. The summed E-state index contributed by atoms with van der Waals surface area (Å²) in [5.74, 6) is 0.234. The summed E-state index contributed by atoms with van der Waals surface area (Å²) in [4.78, 5) is 11.8. The van der Waals surface area contributed by atoms with Gasteiger partial charge in [0.05, 0.1) is 5.02 Å². The van der Waals surface area contributed by atoms with Gasteiger partial charge in [-0.1, -0.05) is 29.3 Å². The summed E-state index contributed by atoms with van der Waals surface area (Å²) < 4.78 is 5.67. The van der Waals surface area contributed by atoms with Crippen LogP contribution in [0.2, 0.25) is 10.0 Å². The van der Waals surface area contributed by atoms with Gasteiger partial charge in [0.1, 0.15) is 5.75 Å². The predicted octanol–water partition coefficient (Wildman–Crippen LogP) is 2.78. The van der Waals surface area contributed by atoms with Gasteiger partial charge in [0.15, 0.2) is 6.10 Å². The van der Waals surface area contributed by atoms with Gasteiger partial charge in [0, 0.05) is 23.7 Å². The third-order valence-electron chi connectivity index (χ3n) is 2.54. The average Bonchev–Trinajstić information content (AvgIpc) is 2.39. The van der Waals surface area contributed by atoms with E-state index in [0.717, 1.165) is 5.56 Å². The van der Waals surface area contributed by atoms with Crippen LogP contribution in [0.3, 0.4) is 0 Å². The van der Waals surface area contributed by atoms with Crippen molar-refractivity contribution in [1.29, 1.82) is 0 Å². The molecule has 4 nitrogen and oxygen atoms in total. The van der Waals surface area contributed by atoms with E-state index in [1.54, 1.807) is 32.2 Å². The number of amides is 1. The molecule has 0 aliphatic heterocycles. The van der Waals surface area contributed by atoms with Crippen molar-refractivity contribution in [3.63, 3.8) is 0 Å². The van der Waals surface area contributed by atoms with E-state index in [4.69, 9.17) is 27.9 Å². The van der Waals surface area contributed by atoms with Crippen LogP contribution in [-0.4, -0.2) is 25.6 Å². The summed E-state index contributed by atoms with van der Waals surface area (Å²) >= 11 is 12.1. The number of hydrogen-bond donors (Lipinski definition) is 2. The largest absolute Gasteiger partial charge is 0.479 e. The summed E-state index contributed by atoms with van der Waals surface area (Å²) in [6.45, 7) is 6.13. The van der Waals surface area contributed by atoms with E-state index in [-0.39, 0.29) is 5.91 Å². The average molecular weight is 317 g/mol. The van der Waals surface area contributed by atoms with Gasteiger partial charge in [-0.3, -0.25) is 4.79 Å². The Morgan fingerprint density at radius 2 is 2.20 bits per heavy atom. The number of halogens is 2. The molecule has 0 spiro atoms. The molecule has 0 bridgehead atoms. The van der Waals surface area contributed by atoms with Crippen LogP contribution in [0.5, 0.6) is 5.75 Å². The van der Waals surface area contributed by atoms with Crippen molar-refractivity contribution in [1.82, 2.24) is 10.6 Å². The molecule has 0 heterocycles. The molecule has 1 aromatic carbocycles. The topological polar surface area (TPSA) is 50.4 Å². The summed E-state index contributed by atoms with van der Waals surface area (Å²) in [6.07, 6.45) is 0.941. The zero-order valence-corrected chi connectivity index (χ0v) is 13.0. The Morgan fingerprint density at radius 3 is 2.80 bits per heavy atom. The first-order valence-corrected chi connectivity index (χ1v) is 6.93. The molecule has 110 valence electrons.